The van der Waals surface area contributed by atoms with Crippen LogP contribution in [0.4, 0.5) is 0 Å². The van der Waals surface area contributed by atoms with Gasteiger partial charge in [0, 0.05) is 30.8 Å². The smallest absolute Gasteiger partial charge is 0.270 e. The van der Waals surface area contributed by atoms with Crippen molar-refractivity contribution in [3.8, 4) is 22.8 Å². The molecule has 3 aromatic heterocycles. The minimum Gasteiger partial charge on any atom is -0.497 e. The molecule has 33 heavy (non-hydrogen) atoms. The summed E-state index contributed by atoms with van der Waals surface area (Å²) in [7, 11) is 3.06. The zero-order valence-electron chi connectivity index (χ0n) is 18.4. The van der Waals surface area contributed by atoms with Crippen molar-refractivity contribution < 1.29 is 14.3 Å². The van der Waals surface area contributed by atoms with Gasteiger partial charge in [0.25, 0.3) is 5.56 Å². The lowest BCUT2D eigenvalue weighted by molar-refractivity contribution is -0.121. The van der Waals surface area contributed by atoms with Gasteiger partial charge < -0.3 is 14.8 Å². The van der Waals surface area contributed by atoms with Crippen LogP contribution >= 0.6 is 0 Å². The Morgan fingerprint density at radius 3 is 2.64 bits per heavy atom. The normalized spacial score (nSPS) is 10.8. The van der Waals surface area contributed by atoms with E-state index in [0.29, 0.717) is 36.6 Å². The quantitative estimate of drug-likeness (QED) is 0.388. The van der Waals surface area contributed by atoms with Gasteiger partial charge in [-0.2, -0.15) is 5.10 Å². The van der Waals surface area contributed by atoms with E-state index < -0.39 is 5.56 Å². The number of carbonyl (C=O) groups excluding carboxylic acids is 1. The molecule has 0 unspecified atom stereocenters. The topological polar surface area (TPSA) is 113 Å². The summed E-state index contributed by atoms with van der Waals surface area (Å²) < 4.78 is 13.6. The molecule has 0 saturated heterocycles. The van der Waals surface area contributed by atoms with E-state index in [-0.39, 0.29) is 12.5 Å². The number of hydrogen-bond donors (Lipinski definition) is 1. The van der Waals surface area contributed by atoms with E-state index in [0.717, 1.165) is 21.7 Å². The van der Waals surface area contributed by atoms with Crippen molar-refractivity contribution in [3.05, 3.63) is 70.9 Å². The standard InChI is InChI=1S/C23H24N6O4/c1-32-17-10-8-16(9-11-17)23-18(33-2)14-22(31)29(27-23)15-21(30)24-12-5-7-20-26-25-19-6-3-4-13-28(19)20/h3-4,6,8-11,13-14H,5,7,12,15H2,1-2H3,(H,24,30). The van der Waals surface area contributed by atoms with Crippen LogP contribution in [0.1, 0.15) is 12.2 Å². The highest BCUT2D eigenvalue weighted by atomic mass is 16.5. The molecule has 0 atom stereocenters. The van der Waals surface area contributed by atoms with Crippen LogP contribution in [0.25, 0.3) is 16.9 Å². The number of nitrogens with zero attached hydrogens (tertiary/aromatic N) is 5. The SMILES string of the molecule is COc1ccc(-c2nn(CC(=O)NCCCc3nnc4ccccn34)c(=O)cc2OC)cc1. The summed E-state index contributed by atoms with van der Waals surface area (Å²) >= 11 is 0. The Morgan fingerprint density at radius 2 is 1.88 bits per heavy atom. The average molecular weight is 448 g/mol. The molecule has 0 aliphatic rings. The van der Waals surface area contributed by atoms with Gasteiger partial charge in [-0.15, -0.1) is 10.2 Å². The predicted octanol–water partition coefficient (Wildman–Crippen LogP) is 1.72. The van der Waals surface area contributed by atoms with Gasteiger partial charge in [-0.3, -0.25) is 14.0 Å². The van der Waals surface area contributed by atoms with Crippen LogP contribution in [0, 0.1) is 0 Å². The van der Waals surface area contributed by atoms with Crippen LogP contribution in [-0.2, 0) is 17.8 Å². The fraction of sp³-hybridized carbons (Fsp3) is 0.261. The van der Waals surface area contributed by atoms with Gasteiger partial charge in [0.05, 0.1) is 14.2 Å². The Labute approximate surface area is 189 Å². The predicted molar refractivity (Wildman–Crippen MR) is 121 cm³/mol. The lowest BCUT2D eigenvalue weighted by Gasteiger charge is -2.12. The monoisotopic (exact) mass is 448 g/mol. The van der Waals surface area contributed by atoms with E-state index >= 15 is 0 Å². The van der Waals surface area contributed by atoms with Gasteiger partial charge in [0.15, 0.2) is 11.4 Å². The van der Waals surface area contributed by atoms with Crippen LogP contribution in [0.5, 0.6) is 11.5 Å². The molecule has 0 spiro atoms. The molecule has 10 nitrogen and oxygen atoms in total. The zero-order valence-corrected chi connectivity index (χ0v) is 18.4. The molecule has 0 radical (unpaired) electrons. The van der Waals surface area contributed by atoms with Crippen LogP contribution < -0.4 is 20.3 Å². The van der Waals surface area contributed by atoms with Gasteiger partial charge in [0.2, 0.25) is 5.91 Å². The second-order valence-electron chi connectivity index (χ2n) is 7.28. The summed E-state index contributed by atoms with van der Waals surface area (Å²) in [5, 5.41) is 15.5. The first-order valence-corrected chi connectivity index (χ1v) is 10.4. The summed E-state index contributed by atoms with van der Waals surface area (Å²) in [6.45, 7) is 0.247. The number of benzene rings is 1. The Balaban J connectivity index is 1.39. The summed E-state index contributed by atoms with van der Waals surface area (Å²) in [5.74, 6) is 1.56. The number of ether oxygens (including phenoxy) is 2. The van der Waals surface area contributed by atoms with Gasteiger partial charge in [-0.25, -0.2) is 4.68 Å². The number of carbonyl (C=O) groups is 1. The highest BCUT2D eigenvalue weighted by Crippen LogP contribution is 2.27. The molecular formula is C23H24N6O4. The molecule has 0 fully saturated rings. The van der Waals surface area contributed by atoms with Crippen molar-refractivity contribution in [2.24, 2.45) is 0 Å². The van der Waals surface area contributed by atoms with Gasteiger partial charge in [-0.05, 0) is 42.8 Å². The molecular weight excluding hydrogens is 424 g/mol. The zero-order chi connectivity index (χ0) is 23.2. The Morgan fingerprint density at radius 1 is 1.06 bits per heavy atom. The van der Waals surface area contributed by atoms with E-state index in [1.165, 1.54) is 13.2 Å². The van der Waals surface area contributed by atoms with E-state index in [4.69, 9.17) is 9.47 Å². The second-order valence-corrected chi connectivity index (χ2v) is 7.28. The second kappa shape index (κ2) is 9.94. The number of aryl methyl sites for hydroxylation is 1. The van der Waals surface area contributed by atoms with Crippen LogP contribution in [0.15, 0.2) is 59.5 Å². The first-order valence-electron chi connectivity index (χ1n) is 10.4. The molecule has 1 aromatic carbocycles. The number of amides is 1. The van der Waals surface area contributed by atoms with Crippen molar-refractivity contribution in [2.45, 2.75) is 19.4 Å². The molecule has 3 heterocycles. The first kappa shape index (κ1) is 22.0. The number of aromatic nitrogens is 5. The molecule has 1 amide bonds. The molecule has 0 bridgehead atoms. The van der Waals surface area contributed by atoms with Crippen molar-refractivity contribution in [3.63, 3.8) is 0 Å². The molecule has 0 saturated carbocycles. The fourth-order valence-corrected chi connectivity index (χ4v) is 3.42. The summed E-state index contributed by atoms with van der Waals surface area (Å²) in [6, 6.07) is 14.2. The number of nitrogens with one attached hydrogen (secondary N) is 1. The minimum atomic E-state index is -0.422. The van der Waals surface area contributed by atoms with Crippen LogP contribution in [0.3, 0.4) is 0 Å². The summed E-state index contributed by atoms with van der Waals surface area (Å²) in [6.07, 6.45) is 3.25. The highest BCUT2D eigenvalue weighted by Gasteiger charge is 2.14. The third kappa shape index (κ3) is 5.00. The maximum Gasteiger partial charge on any atom is 0.270 e. The molecule has 0 aliphatic carbocycles. The van der Waals surface area contributed by atoms with Crippen molar-refractivity contribution in [2.75, 3.05) is 20.8 Å². The van der Waals surface area contributed by atoms with Crippen molar-refractivity contribution >= 4 is 11.6 Å². The highest BCUT2D eigenvalue weighted by molar-refractivity contribution is 5.75. The van der Waals surface area contributed by atoms with E-state index in [2.05, 4.69) is 20.6 Å². The number of pyridine rings is 1. The molecule has 170 valence electrons. The van der Waals surface area contributed by atoms with E-state index in [1.54, 1.807) is 19.2 Å². The van der Waals surface area contributed by atoms with Crippen molar-refractivity contribution in [1.82, 2.24) is 29.7 Å². The van der Waals surface area contributed by atoms with Crippen LogP contribution in [-0.4, -0.2) is 51.1 Å². The summed E-state index contributed by atoms with van der Waals surface area (Å²) in [5.41, 5.74) is 1.57. The van der Waals surface area contributed by atoms with E-state index in [1.807, 2.05) is 40.9 Å². The lowest BCUT2D eigenvalue weighted by atomic mass is 10.1. The Kier molecular flexibility index (Phi) is 6.63. The third-order valence-electron chi connectivity index (χ3n) is 5.12. The largest absolute Gasteiger partial charge is 0.497 e. The molecule has 10 heteroatoms. The molecule has 0 aliphatic heterocycles. The number of hydrogen-bond acceptors (Lipinski definition) is 7. The van der Waals surface area contributed by atoms with Gasteiger partial charge >= 0.3 is 0 Å². The van der Waals surface area contributed by atoms with Gasteiger partial charge in [-0.1, -0.05) is 6.07 Å². The van der Waals surface area contributed by atoms with Crippen molar-refractivity contribution in [1.29, 1.82) is 0 Å². The molecule has 4 aromatic rings. The molecule has 1 N–H and O–H groups in total. The lowest BCUT2D eigenvalue weighted by Crippen LogP contribution is -2.34. The number of methoxy groups -OCH3 is 2. The molecule has 4 rings (SSSR count). The Hall–Kier alpha value is -4.21. The number of rotatable bonds is 9. The summed E-state index contributed by atoms with van der Waals surface area (Å²) in [4.78, 5) is 24.9. The Bertz CT molecular complexity index is 1310. The fourth-order valence-electron chi connectivity index (χ4n) is 3.42. The average Bonchev–Trinajstić information content (AvgIpc) is 3.26. The first-order chi connectivity index (χ1) is 16.1. The minimum absolute atomic E-state index is 0.195. The number of fused-ring (bicyclic) bond motifs is 1. The van der Waals surface area contributed by atoms with Crippen LogP contribution in [0.2, 0.25) is 0 Å². The van der Waals surface area contributed by atoms with Gasteiger partial charge in [0.1, 0.15) is 23.8 Å². The maximum absolute atomic E-state index is 12.4. The maximum atomic E-state index is 12.4. The van der Waals surface area contributed by atoms with E-state index in [9.17, 15) is 9.59 Å². The third-order valence-corrected chi connectivity index (χ3v) is 5.12.